The van der Waals surface area contributed by atoms with Crippen molar-refractivity contribution in [3.05, 3.63) is 71.9 Å². The van der Waals surface area contributed by atoms with Crippen LogP contribution in [0.4, 0.5) is 23.1 Å². The number of rotatable bonds is 4. The highest BCUT2D eigenvalue weighted by Crippen LogP contribution is 2.20. The van der Waals surface area contributed by atoms with Gasteiger partial charge >= 0.3 is 0 Å². The lowest BCUT2D eigenvalue weighted by atomic mass is 10.2. The fourth-order valence-electron chi connectivity index (χ4n) is 2.17. The van der Waals surface area contributed by atoms with Gasteiger partial charge in [-0.3, -0.25) is 0 Å². The van der Waals surface area contributed by atoms with Crippen LogP contribution < -0.4 is 10.6 Å². The molecule has 0 saturated heterocycles. The molecule has 0 aliphatic rings. The van der Waals surface area contributed by atoms with Crippen LogP contribution in [0.5, 0.6) is 0 Å². The van der Waals surface area contributed by atoms with Crippen molar-refractivity contribution in [2.24, 2.45) is 0 Å². The van der Waals surface area contributed by atoms with Crippen LogP contribution in [0.3, 0.4) is 0 Å². The van der Waals surface area contributed by atoms with E-state index >= 15 is 0 Å². The number of nitrogens with one attached hydrogen (secondary N) is 2. The summed E-state index contributed by atoms with van der Waals surface area (Å²) in [4.78, 5) is 8.65. The van der Waals surface area contributed by atoms with Crippen molar-refractivity contribution in [1.82, 2.24) is 9.97 Å². The summed E-state index contributed by atoms with van der Waals surface area (Å²) in [6.07, 6.45) is 1.67. The standard InChI is InChI=1S/C18H15N5/c1-13-5-4-7-15(11-13)21-18-20-10-9-17(23-18)22-16-8-3-2-6-14(16)12-19/h2-11H,1H3,(H2,20,21,22,23). The Morgan fingerprint density at radius 2 is 1.87 bits per heavy atom. The second-order valence-corrected chi connectivity index (χ2v) is 5.04. The van der Waals surface area contributed by atoms with Gasteiger partial charge in [0.2, 0.25) is 5.95 Å². The van der Waals surface area contributed by atoms with Crippen LogP contribution in [0.15, 0.2) is 60.8 Å². The molecule has 112 valence electrons. The zero-order valence-electron chi connectivity index (χ0n) is 12.6. The van der Waals surface area contributed by atoms with Gasteiger partial charge in [-0.05, 0) is 42.8 Å². The molecule has 0 amide bonds. The smallest absolute Gasteiger partial charge is 0.229 e. The summed E-state index contributed by atoms with van der Waals surface area (Å²) in [5.74, 6) is 1.12. The summed E-state index contributed by atoms with van der Waals surface area (Å²) in [5.41, 5.74) is 3.38. The lowest BCUT2D eigenvalue weighted by Crippen LogP contribution is -2.01. The number of benzene rings is 2. The number of para-hydroxylation sites is 1. The highest BCUT2D eigenvalue weighted by atomic mass is 15.1. The van der Waals surface area contributed by atoms with Gasteiger partial charge in [0, 0.05) is 11.9 Å². The van der Waals surface area contributed by atoms with Gasteiger partial charge in [0.05, 0.1) is 11.3 Å². The van der Waals surface area contributed by atoms with Crippen molar-refractivity contribution in [2.75, 3.05) is 10.6 Å². The Hall–Kier alpha value is -3.39. The summed E-state index contributed by atoms with van der Waals surface area (Å²) < 4.78 is 0. The lowest BCUT2D eigenvalue weighted by Gasteiger charge is -2.09. The molecule has 3 aromatic rings. The molecule has 5 nitrogen and oxygen atoms in total. The molecule has 0 bridgehead atoms. The van der Waals surface area contributed by atoms with Crippen molar-refractivity contribution in [2.45, 2.75) is 6.92 Å². The van der Waals surface area contributed by atoms with Gasteiger partial charge in [-0.15, -0.1) is 0 Å². The first kappa shape index (κ1) is 14.5. The van der Waals surface area contributed by atoms with Gasteiger partial charge in [-0.2, -0.15) is 10.2 Å². The number of anilines is 4. The number of aryl methyl sites for hydroxylation is 1. The summed E-state index contributed by atoms with van der Waals surface area (Å²) in [6, 6.07) is 19.2. The number of nitrogens with zero attached hydrogens (tertiary/aromatic N) is 3. The van der Waals surface area contributed by atoms with E-state index in [0.29, 0.717) is 17.3 Å². The molecule has 0 unspecified atom stereocenters. The van der Waals surface area contributed by atoms with Crippen LogP contribution in [0.25, 0.3) is 0 Å². The fourth-order valence-corrected chi connectivity index (χ4v) is 2.17. The van der Waals surface area contributed by atoms with Gasteiger partial charge in [0.1, 0.15) is 11.9 Å². The van der Waals surface area contributed by atoms with E-state index in [1.165, 1.54) is 0 Å². The minimum absolute atomic E-state index is 0.495. The molecule has 2 aromatic carbocycles. The molecule has 0 fully saturated rings. The van der Waals surface area contributed by atoms with Gasteiger partial charge in [0.25, 0.3) is 0 Å². The van der Waals surface area contributed by atoms with Crippen molar-refractivity contribution in [3.8, 4) is 6.07 Å². The van der Waals surface area contributed by atoms with Gasteiger partial charge in [0.15, 0.2) is 0 Å². The van der Waals surface area contributed by atoms with Crippen molar-refractivity contribution < 1.29 is 0 Å². The van der Waals surface area contributed by atoms with E-state index in [0.717, 1.165) is 16.9 Å². The second-order valence-electron chi connectivity index (χ2n) is 5.04. The molecule has 0 radical (unpaired) electrons. The largest absolute Gasteiger partial charge is 0.339 e. The predicted molar refractivity (Wildman–Crippen MR) is 90.9 cm³/mol. The zero-order chi connectivity index (χ0) is 16.1. The zero-order valence-corrected chi connectivity index (χ0v) is 12.6. The van der Waals surface area contributed by atoms with E-state index < -0.39 is 0 Å². The lowest BCUT2D eigenvalue weighted by molar-refractivity contribution is 1.16. The maximum Gasteiger partial charge on any atom is 0.229 e. The minimum Gasteiger partial charge on any atom is -0.339 e. The van der Waals surface area contributed by atoms with Crippen molar-refractivity contribution in [3.63, 3.8) is 0 Å². The van der Waals surface area contributed by atoms with Crippen molar-refractivity contribution in [1.29, 1.82) is 5.26 Å². The molecule has 0 spiro atoms. The predicted octanol–water partition coefficient (Wildman–Crippen LogP) is 4.14. The average molecular weight is 301 g/mol. The van der Waals surface area contributed by atoms with Gasteiger partial charge in [-0.25, -0.2) is 4.98 Å². The summed E-state index contributed by atoms with van der Waals surface area (Å²) in [7, 11) is 0. The van der Waals surface area contributed by atoms with Crippen LogP contribution in [0, 0.1) is 18.3 Å². The second kappa shape index (κ2) is 6.58. The van der Waals surface area contributed by atoms with Crippen LogP contribution in [-0.2, 0) is 0 Å². The molecule has 1 aromatic heterocycles. The number of hydrogen-bond donors (Lipinski definition) is 2. The van der Waals surface area contributed by atoms with Crippen molar-refractivity contribution >= 4 is 23.1 Å². The van der Waals surface area contributed by atoms with E-state index in [2.05, 4.69) is 26.7 Å². The van der Waals surface area contributed by atoms with E-state index in [1.807, 2.05) is 49.4 Å². The van der Waals surface area contributed by atoms with E-state index in [-0.39, 0.29) is 0 Å². The molecule has 5 heteroatoms. The molecule has 23 heavy (non-hydrogen) atoms. The first-order valence-electron chi connectivity index (χ1n) is 7.17. The number of aromatic nitrogens is 2. The first-order chi connectivity index (χ1) is 11.2. The Bertz CT molecular complexity index is 867. The summed E-state index contributed by atoms with van der Waals surface area (Å²) in [6.45, 7) is 2.03. The quantitative estimate of drug-likeness (QED) is 0.757. The number of nitriles is 1. The Morgan fingerprint density at radius 3 is 2.70 bits per heavy atom. The highest BCUT2D eigenvalue weighted by molar-refractivity contribution is 5.65. The fraction of sp³-hybridized carbons (Fsp3) is 0.0556. The summed E-state index contributed by atoms with van der Waals surface area (Å²) >= 11 is 0. The third-order valence-electron chi connectivity index (χ3n) is 3.24. The third-order valence-corrected chi connectivity index (χ3v) is 3.24. The molecule has 0 saturated carbocycles. The van der Waals surface area contributed by atoms with Crippen LogP contribution >= 0.6 is 0 Å². The van der Waals surface area contributed by atoms with E-state index in [1.54, 1.807) is 18.3 Å². The molecule has 0 atom stereocenters. The molecular weight excluding hydrogens is 286 g/mol. The normalized spacial score (nSPS) is 9.91. The molecule has 0 aliphatic heterocycles. The maximum atomic E-state index is 9.14. The molecule has 0 aliphatic carbocycles. The average Bonchev–Trinajstić information content (AvgIpc) is 2.56. The Kier molecular flexibility index (Phi) is 4.16. The van der Waals surface area contributed by atoms with Crippen LogP contribution in [-0.4, -0.2) is 9.97 Å². The van der Waals surface area contributed by atoms with Gasteiger partial charge < -0.3 is 10.6 Å². The van der Waals surface area contributed by atoms with E-state index in [9.17, 15) is 0 Å². The van der Waals surface area contributed by atoms with Gasteiger partial charge in [-0.1, -0.05) is 24.3 Å². The topological polar surface area (TPSA) is 73.6 Å². The summed E-state index contributed by atoms with van der Waals surface area (Å²) in [5, 5.41) is 15.5. The molecule has 1 heterocycles. The first-order valence-corrected chi connectivity index (χ1v) is 7.17. The monoisotopic (exact) mass is 301 g/mol. The number of hydrogen-bond acceptors (Lipinski definition) is 5. The molecule has 3 rings (SSSR count). The maximum absolute atomic E-state index is 9.14. The molecular formula is C18H15N5. The minimum atomic E-state index is 0.495. The van der Waals surface area contributed by atoms with Crippen LogP contribution in [0.2, 0.25) is 0 Å². The van der Waals surface area contributed by atoms with Crippen LogP contribution in [0.1, 0.15) is 11.1 Å². The highest BCUT2D eigenvalue weighted by Gasteiger charge is 2.04. The SMILES string of the molecule is Cc1cccc(Nc2nccc(Nc3ccccc3C#N)n2)c1. The Balaban J connectivity index is 1.81. The van der Waals surface area contributed by atoms with E-state index in [4.69, 9.17) is 5.26 Å². The Labute approximate surface area is 134 Å². The third kappa shape index (κ3) is 3.63. The Morgan fingerprint density at radius 1 is 1.00 bits per heavy atom. The molecule has 2 N–H and O–H groups in total.